The molecule has 2 rings (SSSR count). The molecule has 0 spiro atoms. The van der Waals surface area contributed by atoms with Crippen molar-refractivity contribution in [3.05, 3.63) is 23.8 Å². The van der Waals surface area contributed by atoms with Gasteiger partial charge in [-0.25, -0.2) is 0 Å². The summed E-state index contributed by atoms with van der Waals surface area (Å²) in [4.78, 5) is 11.8. The average Bonchev–Trinajstić information content (AvgIpc) is 2.46. The van der Waals surface area contributed by atoms with Gasteiger partial charge in [-0.1, -0.05) is 37.5 Å². The lowest BCUT2D eigenvalue weighted by molar-refractivity contribution is -0.125. The van der Waals surface area contributed by atoms with Crippen molar-refractivity contribution in [3.8, 4) is 0 Å². The number of aldehydes is 1. The minimum Gasteiger partial charge on any atom is -0.386 e. The number of hydrogen-bond donors (Lipinski definition) is 1. The van der Waals surface area contributed by atoms with E-state index in [1.807, 2.05) is 6.92 Å². The molecular weight excluding hydrogens is 272 g/mol. The highest BCUT2D eigenvalue weighted by Gasteiger charge is 2.51. The van der Waals surface area contributed by atoms with Crippen LogP contribution in [-0.4, -0.2) is 17.0 Å². The van der Waals surface area contributed by atoms with Crippen molar-refractivity contribution in [2.45, 2.75) is 78.2 Å². The van der Waals surface area contributed by atoms with E-state index < -0.39 is 5.60 Å². The summed E-state index contributed by atoms with van der Waals surface area (Å²) in [5, 5.41) is 10.3. The fourth-order valence-corrected chi connectivity index (χ4v) is 5.04. The van der Waals surface area contributed by atoms with E-state index in [1.54, 1.807) is 6.08 Å². The van der Waals surface area contributed by atoms with Gasteiger partial charge in [0.1, 0.15) is 6.29 Å². The highest BCUT2D eigenvalue weighted by molar-refractivity contribution is 5.60. The molecule has 0 amide bonds. The van der Waals surface area contributed by atoms with Crippen molar-refractivity contribution in [1.29, 1.82) is 0 Å². The summed E-state index contributed by atoms with van der Waals surface area (Å²) in [6, 6.07) is 0. The van der Waals surface area contributed by atoms with E-state index in [2.05, 4.69) is 27.4 Å². The molecule has 0 aromatic rings. The molecule has 0 saturated heterocycles. The zero-order chi connectivity index (χ0) is 16.6. The normalized spacial score (nSPS) is 38.1. The third kappa shape index (κ3) is 2.95. The van der Waals surface area contributed by atoms with Crippen molar-refractivity contribution < 1.29 is 9.90 Å². The van der Waals surface area contributed by atoms with Gasteiger partial charge in [-0.15, -0.1) is 6.58 Å². The highest BCUT2D eigenvalue weighted by atomic mass is 16.3. The van der Waals surface area contributed by atoms with Gasteiger partial charge in [-0.2, -0.15) is 0 Å². The maximum absolute atomic E-state index is 11.8. The van der Waals surface area contributed by atoms with E-state index in [4.69, 9.17) is 0 Å². The number of carbonyl (C=O) groups excluding carboxylic acids is 1. The fraction of sp³-hybridized carbons (Fsp3) is 0.750. The summed E-state index contributed by atoms with van der Waals surface area (Å²) in [5.41, 5.74) is 2.11. The zero-order valence-electron chi connectivity index (χ0n) is 14.7. The van der Waals surface area contributed by atoms with Crippen molar-refractivity contribution in [2.75, 3.05) is 0 Å². The van der Waals surface area contributed by atoms with Crippen molar-refractivity contribution >= 4 is 6.29 Å². The highest BCUT2D eigenvalue weighted by Crippen LogP contribution is 2.59. The smallest absolute Gasteiger partial charge is 0.126 e. The minimum absolute atomic E-state index is 0.119. The largest absolute Gasteiger partial charge is 0.386 e. The Morgan fingerprint density at radius 1 is 1.41 bits per heavy atom. The maximum Gasteiger partial charge on any atom is 0.126 e. The predicted octanol–water partition coefficient (Wildman–Crippen LogP) is 4.83. The molecule has 2 aliphatic carbocycles. The molecule has 0 heterocycles. The first-order valence-corrected chi connectivity index (χ1v) is 8.70. The van der Waals surface area contributed by atoms with Gasteiger partial charge in [0.25, 0.3) is 0 Å². The van der Waals surface area contributed by atoms with Crippen LogP contribution in [0.3, 0.4) is 0 Å². The number of carbonyl (C=O) groups is 1. The van der Waals surface area contributed by atoms with Gasteiger partial charge in [0.2, 0.25) is 0 Å². The van der Waals surface area contributed by atoms with Crippen LogP contribution in [0.5, 0.6) is 0 Å². The van der Waals surface area contributed by atoms with Gasteiger partial charge in [-0.3, -0.25) is 0 Å². The Labute approximate surface area is 135 Å². The van der Waals surface area contributed by atoms with Crippen LogP contribution in [0.15, 0.2) is 23.8 Å². The van der Waals surface area contributed by atoms with Gasteiger partial charge in [0.05, 0.1) is 5.60 Å². The SMILES string of the molecule is C=C[C@](C)(O)CCC1=C(C)CC[C@H]2[C@@](C)(C=O)CCC[C@]12C. The van der Waals surface area contributed by atoms with Crippen LogP contribution < -0.4 is 0 Å². The average molecular weight is 304 g/mol. The van der Waals surface area contributed by atoms with Crippen molar-refractivity contribution in [2.24, 2.45) is 16.7 Å². The molecule has 4 atom stereocenters. The van der Waals surface area contributed by atoms with Gasteiger partial charge in [0.15, 0.2) is 0 Å². The summed E-state index contributed by atoms with van der Waals surface area (Å²) < 4.78 is 0. The summed E-state index contributed by atoms with van der Waals surface area (Å²) >= 11 is 0. The Kier molecular flexibility index (Phi) is 4.73. The second kappa shape index (κ2) is 5.96. The van der Waals surface area contributed by atoms with Crippen molar-refractivity contribution in [3.63, 3.8) is 0 Å². The first kappa shape index (κ1) is 17.5. The zero-order valence-corrected chi connectivity index (χ0v) is 14.7. The molecule has 0 aromatic heterocycles. The number of fused-ring (bicyclic) bond motifs is 1. The summed E-state index contributed by atoms with van der Waals surface area (Å²) in [5.74, 6) is 0.443. The van der Waals surface area contributed by atoms with Crippen molar-refractivity contribution in [1.82, 2.24) is 0 Å². The molecule has 124 valence electrons. The van der Waals surface area contributed by atoms with Crippen LogP contribution in [0.25, 0.3) is 0 Å². The Balaban J connectivity index is 2.31. The Bertz CT molecular complexity index is 488. The first-order valence-electron chi connectivity index (χ1n) is 8.70. The lowest BCUT2D eigenvalue weighted by atomic mass is 9.49. The Morgan fingerprint density at radius 2 is 2.09 bits per heavy atom. The second-order valence-electron chi connectivity index (χ2n) is 8.31. The summed E-state index contributed by atoms with van der Waals surface area (Å²) in [6.07, 6.45) is 10.0. The quantitative estimate of drug-likeness (QED) is 0.583. The molecule has 22 heavy (non-hydrogen) atoms. The van der Waals surface area contributed by atoms with E-state index in [1.165, 1.54) is 23.9 Å². The predicted molar refractivity (Wildman–Crippen MR) is 91.6 cm³/mol. The van der Waals surface area contributed by atoms with Gasteiger partial charge < -0.3 is 9.90 Å². The molecule has 0 radical (unpaired) electrons. The molecule has 0 bridgehead atoms. The molecular formula is C20H32O2. The molecule has 2 heteroatoms. The van der Waals surface area contributed by atoms with Crippen LogP contribution in [0.4, 0.5) is 0 Å². The molecule has 1 saturated carbocycles. The fourth-order valence-electron chi connectivity index (χ4n) is 5.04. The first-order chi connectivity index (χ1) is 10.2. The second-order valence-corrected chi connectivity index (χ2v) is 8.31. The van der Waals surface area contributed by atoms with Crippen LogP contribution in [0, 0.1) is 16.7 Å². The molecule has 0 aliphatic heterocycles. The number of allylic oxidation sites excluding steroid dienone is 2. The lowest BCUT2D eigenvalue weighted by Gasteiger charge is -2.54. The molecule has 2 aliphatic rings. The van der Waals surface area contributed by atoms with Crippen LogP contribution in [0.1, 0.15) is 72.6 Å². The molecule has 0 unspecified atom stereocenters. The molecule has 1 fully saturated rings. The Hall–Kier alpha value is -0.890. The van der Waals surface area contributed by atoms with Crippen LogP contribution in [-0.2, 0) is 4.79 Å². The van der Waals surface area contributed by atoms with E-state index >= 15 is 0 Å². The van der Waals surface area contributed by atoms with E-state index in [-0.39, 0.29) is 10.8 Å². The van der Waals surface area contributed by atoms with E-state index in [0.29, 0.717) is 12.3 Å². The summed E-state index contributed by atoms with van der Waals surface area (Å²) in [6.45, 7) is 12.3. The van der Waals surface area contributed by atoms with Crippen LogP contribution in [0.2, 0.25) is 0 Å². The summed E-state index contributed by atoms with van der Waals surface area (Å²) in [7, 11) is 0. The molecule has 0 aromatic carbocycles. The molecule has 1 N–H and O–H groups in total. The monoisotopic (exact) mass is 304 g/mol. The van der Waals surface area contributed by atoms with Gasteiger partial charge in [0, 0.05) is 5.41 Å². The van der Waals surface area contributed by atoms with E-state index in [0.717, 1.165) is 32.1 Å². The Morgan fingerprint density at radius 3 is 2.68 bits per heavy atom. The topological polar surface area (TPSA) is 37.3 Å². The third-order valence-electron chi connectivity index (χ3n) is 6.58. The van der Waals surface area contributed by atoms with Crippen LogP contribution >= 0.6 is 0 Å². The number of rotatable bonds is 5. The minimum atomic E-state index is -0.806. The lowest BCUT2D eigenvalue weighted by Crippen LogP contribution is -2.47. The van der Waals surface area contributed by atoms with Gasteiger partial charge in [-0.05, 0) is 63.7 Å². The standard InChI is InChI=1S/C20H32O2/c1-6-19(4,22)13-10-16-15(2)8-9-17-18(3,14-21)11-7-12-20(16,17)5/h6,14,17,22H,1,7-13H2,2-5H3/t17-,18+,19-,20+/m0/s1. The molecule has 2 nitrogen and oxygen atoms in total. The third-order valence-corrected chi connectivity index (χ3v) is 6.58. The van der Waals surface area contributed by atoms with Gasteiger partial charge >= 0.3 is 0 Å². The number of hydrogen-bond acceptors (Lipinski definition) is 2. The maximum atomic E-state index is 11.8. The van der Waals surface area contributed by atoms with E-state index in [9.17, 15) is 9.90 Å². The number of aliphatic hydroxyl groups is 1.